The van der Waals surface area contributed by atoms with Crippen LogP contribution < -0.4 is 10.6 Å². The van der Waals surface area contributed by atoms with Crippen LogP contribution in [-0.4, -0.2) is 5.91 Å². The van der Waals surface area contributed by atoms with E-state index in [4.69, 9.17) is 0 Å². The van der Waals surface area contributed by atoms with Crippen molar-refractivity contribution in [2.45, 2.75) is 13.0 Å². The lowest BCUT2D eigenvalue weighted by molar-refractivity contribution is -0.116. The minimum absolute atomic E-state index is 0.199. The van der Waals surface area contributed by atoms with Gasteiger partial charge in [0.25, 0.3) is 5.91 Å². The zero-order valence-corrected chi connectivity index (χ0v) is 14.2. The first kappa shape index (κ1) is 14.5. The van der Waals surface area contributed by atoms with Gasteiger partial charge in [0.1, 0.15) is 11.9 Å². The van der Waals surface area contributed by atoms with Gasteiger partial charge in [-0.05, 0) is 68.6 Å². The lowest BCUT2D eigenvalue weighted by atomic mass is 10.1. The van der Waals surface area contributed by atoms with Crippen LogP contribution in [0.15, 0.2) is 39.3 Å². The highest BCUT2D eigenvalue weighted by Gasteiger charge is 2.31. The molecule has 1 amide bonds. The van der Waals surface area contributed by atoms with E-state index in [1.807, 2.05) is 19.1 Å². The SMILES string of the molecule is Cc1cc(Br)c(NC2C(=O)Nc3cc(F)ccc32)c(Br)c1. The van der Waals surface area contributed by atoms with Gasteiger partial charge < -0.3 is 10.6 Å². The van der Waals surface area contributed by atoms with Gasteiger partial charge in [-0.15, -0.1) is 0 Å². The molecule has 3 nitrogen and oxygen atoms in total. The second kappa shape index (κ2) is 5.42. The van der Waals surface area contributed by atoms with E-state index in [-0.39, 0.29) is 11.7 Å². The van der Waals surface area contributed by atoms with Crippen LogP contribution in [0.5, 0.6) is 0 Å². The molecule has 0 saturated carbocycles. The van der Waals surface area contributed by atoms with E-state index in [2.05, 4.69) is 42.5 Å². The highest BCUT2D eigenvalue weighted by molar-refractivity contribution is 9.11. The maximum atomic E-state index is 13.2. The topological polar surface area (TPSA) is 41.1 Å². The van der Waals surface area contributed by atoms with Crippen molar-refractivity contribution in [1.29, 1.82) is 0 Å². The molecule has 0 saturated heterocycles. The molecule has 0 bridgehead atoms. The largest absolute Gasteiger partial charge is 0.368 e. The Morgan fingerprint density at radius 3 is 2.52 bits per heavy atom. The molecule has 0 fully saturated rings. The molecule has 1 aliphatic heterocycles. The molecule has 0 aromatic heterocycles. The number of hydrogen-bond donors (Lipinski definition) is 2. The summed E-state index contributed by atoms with van der Waals surface area (Å²) in [6, 6.07) is 7.69. The van der Waals surface area contributed by atoms with Gasteiger partial charge in [0.05, 0.1) is 5.69 Å². The Bertz CT molecular complexity index is 725. The Morgan fingerprint density at radius 1 is 1.19 bits per heavy atom. The zero-order chi connectivity index (χ0) is 15.1. The number of nitrogens with one attached hydrogen (secondary N) is 2. The van der Waals surface area contributed by atoms with Gasteiger partial charge in [-0.25, -0.2) is 4.39 Å². The fraction of sp³-hybridized carbons (Fsp3) is 0.133. The highest BCUT2D eigenvalue weighted by Crippen LogP contribution is 2.38. The number of aryl methyl sites for hydroxylation is 1. The van der Waals surface area contributed by atoms with Gasteiger partial charge in [-0.2, -0.15) is 0 Å². The molecule has 0 radical (unpaired) electrons. The van der Waals surface area contributed by atoms with E-state index < -0.39 is 6.04 Å². The van der Waals surface area contributed by atoms with Crippen LogP contribution in [0.25, 0.3) is 0 Å². The summed E-state index contributed by atoms with van der Waals surface area (Å²) < 4.78 is 14.9. The van der Waals surface area contributed by atoms with Crippen molar-refractivity contribution in [2.75, 3.05) is 10.6 Å². The number of hydrogen-bond acceptors (Lipinski definition) is 2. The maximum Gasteiger partial charge on any atom is 0.251 e. The van der Waals surface area contributed by atoms with Crippen LogP contribution in [0.3, 0.4) is 0 Å². The van der Waals surface area contributed by atoms with E-state index in [1.54, 1.807) is 6.07 Å². The number of carbonyl (C=O) groups excluding carboxylic acids is 1. The monoisotopic (exact) mass is 412 g/mol. The predicted molar refractivity (Wildman–Crippen MR) is 88.0 cm³/mol. The maximum absolute atomic E-state index is 13.2. The van der Waals surface area contributed by atoms with Crippen molar-refractivity contribution in [3.8, 4) is 0 Å². The van der Waals surface area contributed by atoms with Crippen LogP contribution in [0.4, 0.5) is 15.8 Å². The minimum Gasteiger partial charge on any atom is -0.368 e. The molecule has 0 aliphatic carbocycles. The number of fused-ring (bicyclic) bond motifs is 1. The van der Waals surface area contributed by atoms with E-state index in [0.717, 1.165) is 25.8 Å². The van der Waals surface area contributed by atoms with Crippen molar-refractivity contribution >= 4 is 49.1 Å². The second-order valence-electron chi connectivity index (χ2n) is 4.90. The predicted octanol–water partition coefficient (Wildman–Crippen LogP) is 4.76. The van der Waals surface area contributed by atoms with Crippen molar-refractivity contribution in [2.24, 2.45) is 0 Å². The lowest BCUT2D eigenvalue weighted by Gasteiger charge is -2.16. The fourth-order valence-electron chi connectivity index (χ4n) is 2.36. The van der Waals surface area contributed by atoms with Crippen LogP contribution in [0.2, 0.25) is 0 Å². The first-order valence-corrected chi connectivity index (χ1v) is 7.87. The highest BCUT2D eigenvalue weighted by atomic mass is 79.9. The molecule has 6 heteroatoms. The number of anilines is 2. The summed E-state index contributed by atoms with van der Waals surface area (Å²) in [5, 5.41) is 5.89. The van der Waals surface area contributed by atoms with Crippen LogP contribution in [0.1, 0.15) is 17.2 Å². The smallest absolute Gasteiger partial charge is 0.251 e. The van der Waals surface area contributed by atoms with Gasteiger partial charge in [0.2, 0.25) is 0 Å². The van der Waals surface area contributed by atoms with Crippen molar-refractivity contribution in [1.82, 2.24) is 0 Å². The van der Waals surface area contributed by atoms with Gasteiger partial charge in [-0.3, -0.25) is 4.79 Å². The molecule has 3 rings (SSSR count). The Balaban J connectivity index is 1.99. The average Bonchev–Trinajstić information content (AvgIpc) is 2.68. The normalized spacial score (nSPS) is 16.6. The average molecular weight is 414 g/mol. The van der Waals surface area contributed by atoms with E-state index in [0.29, 0.717) is 5.69 Å². The Morgan fingerprint density at radius 2 is 1.86 bits per heavy atom. The second-order valence-corrected chi connectivity index (χ2v) is 6.61. The van der Waals surface area contributed by atoms with E-state index in [1.165, 1.54) is 12.1 Å². The van der Waals surface area contributed by atoms with Crippen molar-refractivity contribution < 1.29 is 9.18 Å². The third kappa shape index (κ3) is 2.70. The minimum atomic E-state index is -0.545. The summed E-state index contributed by atoms with van der Waals surface area (Å²) in [6.07, 6.45) is 0. The summed E-state index contributed by atoms with van der Waals surface area (Å²) in [5.41, 5.74) is 3.13. The molecule has 0 spiro atoms. The van der Waals surface area contributed by atoms with Crippen molar-refractivity contribution in [3.05, 3.63) is 56.2 Å². The van der Waals surface area contributed by atoms with Gasteiger partial charge in [0, 0.05) is 20.2 Å². The van der Waals surface area contributed by atoms with Gasteiger partial charge in [-0.1, -0.05) is 6.07 Å². The Kier molecular flexibility index (Phi) is 3.75. The number of rotatable bonds is 2. The number of carbonyl (C=O) groups is 1. The first-order chi connectivity index (χ1) is 9.95. The molecule has 1 atom stereocenters. The molecule has 1 unspecified atom stereocenters. The van der Waals surface area contributed by atoms with Crippen LogP contribution >= 0.6 is 31.9 Å². The molecular formula is C15H11Br2FN2O. The van der Waals surface area contributed by atoms with Crippen LogP contribution in [-0.2, 0) is 4.79 Å². The standard InChI is InChI=1S/C15H11Br2FN2O/c1-7-4-10(16)14(11(17)5-7)20-13-9-3-2-8(18)6-12(9)19-15(13)21/h2-6,13,20H,1H3,(H,19,21). The molecule has 1 aliphatic rings. The molecule has 1 heterocycles. The molecule has 2 aromatic carbocycles. The Hall–Kier alpha value is -1.40. The summed E-state index contributed by atoms with van der Waals surface area (Å²) in [4.78, 5) is 12.1. The molecule has 2 N–H and O–H groups in total. The van der Waals surface area contributed by atoms with Crippen LogP contribution in [0, 0.1) is 12.7 Å². The number of amides is 1. The molecule has 2 aromatic rings. The van der Waals surface area contributed by atoms with Crippen molar-refractivity contribution in [3.63, 3.8) is 0 Å². The quantitative estimate of drug-likeness (QED) is 0.744. The fourth-order valence-corrected chi connectivity index (χ4v) is 4.00. The van der Waals surface area contributed by atoms with Gasteiger partial charge in [0.15, 0.2) is 0 Å². The van der Waals surface area contributed by atoms with Gasteiger partial charge >= 0.3 is 0 Å². The zero-order valence-electron chi connectivity index (χ0n) is 11.0. The summed E-state index contributed by atoms with van der Waals surface area (Å²) in [5.74, 6) is -0.567. The summed E-state index contributed by atoms with van der Waals surface area (Å²) >= 11 is 6.99. The van der Waals surface area contributed by atoms with E-state index >= 15 is 0 Å². The molecule has 21 heavy (non-hydrogen) atoms. The number of halogens is 3. The first-order valence-electron chi connectivity index (χ1n) is 6.28. The summed E-state index contributed by atoms with van der Waals surface area (Å²) in [7, 11) is 0. The van der Waals surface area contributed by atoms with E-state index in [9.17, 15) is 9.18 Å². The number of benzene rings is 2. The third-order valence-electron chi connectivity index (χ3n) is 3.32. The summed E-state index contributed by atoms with van der Waals surface area (Å²) in [6.45, 7) is 1.99. The lowest BCUT2D eigenvalue weighted by Crippen LogP contribution is -2.20. The molecule has 108 valence electrons. The Labute approximate surface area is 138 Å². The molecular weight excluding hydrogens is 403 g/mol. The third-order valence-corrected chi connectivity index (χ3v) is 4.57.